The number of aliphatic carboxylic acids is 1. The Morgan fingerprint density at radius 1 is 1.40 bits per heavy atom. The molecule has 0 amide bonds. The molecule has 6 nitrogen and oxygen atoms in total. The molecule has 3 unspecified atom stereocenters. The molecule has 106 valence electrons. The maximum atomic E-state index is 12.0. The predicted molar refractivity (Wildman–Crippen MR) is 70.2 cm³/mol. The highest BCUT2D eigenvalue weighted by molar-refractivity contribution is 5.91. The SMILES string of the molecule is CC1CC(C(=O)O)C(Cc2ccc([N+](=O)[O-])cc2)C1=O. The van der Waals surface area contributed by atoms with Gasteiger partial charge in [0.1, 0.15) is 5.78 Å². The highest BCUT2D eigenvalue weighted by Crippen LogP contribution is 2.35. The van der Waals surface area contributed by atoms with Crippen molar-refractivity contribution >= 4 is 17.4 Å². The maximum absolute atomic E-state index is 12.0. The number of hydrogen-bond acceptors (Lipinski definition) is 4. The lowest BCUT2D eigenvalue weighted by atomic mass is 9.89. The van der Waals surface area contributed by atoms with Gasteiger partial charge in [-0.15, -0.1) is 0 Å². The summed E-state index contributed by atoms with van der Waals surface area (Å²) in [6.45, 7) is 1.74. The van der Waals surface area contributed by atoms with Gasteiger partial charge in [-0.25, -0.2) is 0 Å². The molecule has 1 aromatic rings. The Morgan fingerprint density at radius 3 is 2.50 bits per heavy atom. The Bertz CT molecular complexity index is 551. The second kappa shape index (κ2) is 5.40. The topological polar surface area (TPSA) is 97.5 Å². The van der Waals surface area contributed by atoms with Crippen LogP contribution in [0.25, 0.3) is 0 Å². The van der Waals surface area contributed by atoms with Crippen molar-refractivity contribution < 1.29 is 19.6 Å². The van der Waals surface area contributed by atoms with Crippen LogP contribution >= 0.6 is 0 Å². The predicted octanol–water partition coefficient (Wildman–Crippen LogP) is 2.06. The smallest absolute Gasteiger partial charge is 0.307 e. The zero-order valence-corrected chi connectivity index (χ0v) is 11.0. The number of benzene rings is 1. The summed E-state index contributed by atoms with van der Waals surface area (Å²) in [5, 5.41) is 19.7. The van der Waals surface area contributed by atoms with Gasteiger partial charge < -0.3 is 5.11 Å². The standard InChI is InChI=1S/C14H15NO5/c1-8-6-12(14(17)18)11(13(8)16)7-9-2-4-10(5-3-9)15(19)20/h2-5,8,11-12H,6-7H2,1H3,(H,17,18). The van der Waals surface area contributed by atoms with E-state index in [1.165, 1.54) is 12.1 Å². The first-order valence-corrected chi connectivity index (χ1v) is 6.40. The molecule has 2 rings (SSSR count). The molecule has 0 radical (unpaired) electrons. The number of ketones is 1. The highest BCUT2D eigenvalue weighted by Gasteiger charge is 2.43. The van der Waals surface area contributed by atoms with E-state index in [2.05, 4.69) is 0 Å². The fourth-order valence-electron chi connectivity index (χ4n) is 2.75. The Morgan fingerprint density at radius 2 is 2.00 bits per heavy atom. The van der Waals surface area contributed by atoms with Gasteiger partial charge in [0, 0.05) is 24.0 Å². The first-order valence-electron chi connectivity index (χ1n) is 6.40. The molecule has 1 aliphatic rings. The van der Waals surface area contributed by atoms with Gasteiger partial charge in [0.15, 0.2) is 0 Å². The van der Waals surface area contributed by atoms with Gasteiger partial charge in [-0.3, -0.25) is 19.7 Å². The average Bonchev–Trinajstić information content (AvgIpc) is 2.68. The first-order chi connectivity index (χ1) is 9.40. The van der Waals surface area contributed by atoms with Gasteiger partial charge in [-0.05, 0) is 18.4 Å². The minimum atomic E-state index is -0.949. The van der Waals surface area contributed by atoms with Crippen molar-refractivity contribution in [1.82, 2.24) is 0 Å². The number of hydrogen-bond donors (Lipinski definition) is 1. The molecule has 0 heterocycles. The quantitative estimate of drug-likeness (QED) is 0.671. The van der Waals surface area contributed by atoms with Gasteiger partial charge in [0.05, 0.1) is 10.8 Å². The molecular formula is C14H15NO5. The van der Waals surface area contributed by atoms with Gasteiger partial charge in [-0.2, -0.15) is 0 Å². The van der Waals surface area contributed by atoms with E-state index in [0.717, 1.165) is 5.56 Å². The molecular weight excluding hydrogens is 262 g/mol. The summed E-state index contributed by atoms with van der Waals surface area (Å²) >= 11 is 0. The molecule has 3 atom stereocenters. The van der Waals surface area contributed by atoms with E-state index >= 15 is 0 Å². The van der Waals surface area contributed by atoms with Crippen LogP contribution in [0.1, 0.15) is 18.9 Å². The zero-order valence-electron chi connectivity index (χ0n) is 11.0. The number of carbonyl (C=O) groups excluding carboxylic acids is 1. The number of Topliss-reactive ketones (excluding diaryl/α,β-unsaturated/α-hetero) is 1. The van der Waals surface area contributed by atoms with Crippen LogP contribution in [0.15, 0.2) is 24.3 Å². The number of carbonyl (C=O) groups is 2. The molecule has 1 fully saturated rings. The third-order valence-corrected chi connectivity index (χ3v) is 3.86. The summed E-state index contributed by atoms with van der Waals surface area (Å²) in [5.74, 6) is -2.42. The van der Waals surface area contributed by atoms with Crippen molar-refractivity contribution in [2.45, 2.75) is 19.8 Å². The number of non-ortho nitro benzene ring substituents is 1. The number of rotatable bonds is 4. The minimum Gasteiger partial charge on any atom is -0.481 e. The number of carboxylic acid groups (broad SMARTS) is 1. The van der Waals surface area contributed by atoms with Gasteiger partial charge in [0.25, 0.3) is 5.69 Å². The summed E-state index contributed by atoms with van der Waals surface area (Å²) in [4.78, 5) is 33.3. The molecule has 0 bridgehead atoms. The number of nitrogens with zero attached hydrogens (tertiary/aromatic N) is 1. The van der Waals surface area contributed by atoms with Crippen LogP contribution in [0.2, 0.25) is 0 Å². The second-order valence-corrected chi connectivity index (χ2v) is 5.22. The Kier molecular flexibility index (Phi) is 3.83. The van der Waals surface area contributed by atoms with E-state index in [-0.39, 0.29) is 17.4 Å². The molecule has 1 aliphatic carbocycles. The van der Waals surface area contributed by atoms with Crippen molar-refractivity contribution in [2.24, 2.45) is 17.8 Å². The van der Waals surface area contributed by atoms with Gasteiger partial charge in [-0.1, -0.05) is 19.1 Å². The Balaban J connectivity index is 2.17. The summed E-state index contributed by atoms with van der Waals surface area (Å²) in [6, 6.07) is 5.89. The van der Waals surface area contributed by atoms with Gasteiger partial charge in [0.2, 0.25) is 0 Å². The van der Waals surface area contributed by atoms with Crippen LogP contribution in [-0.4, -0.2) is 21.8 Å². The lowest BCUT2D eigenvalue weighted by Gasteiger charge is -2.14. The van der Waals surface area contributed by atoms with Crippen molar-refractivity contribution in [2.75, 3.05) is 0 Å². The van der Waals surface area contributed by atoms with Crippen molar-refractivity contribution in [1.29, 1.82) is 0 Å². The summed E-state index contributed by atoms with van der Waals surface area (Å²) in [7, 11) is 0. The fraction of sp³-hybridized carbons (Fsp3) is 0.429. The van der Waals surface area contributed by atoms with Crippen molar-refractivity contribution in [3.63, 3.8) is 0 Å². The second-order valence-electron chi connectivity index (χ2n) is 5.22. The summed E-state index contributed by atoms with van der Waals surface area (Å²) < 4.78 is 0. The van der Waals surface area contributed by atoms with E-state index < -0.39 is 22.7 Å². The number of carboxylic acids is 1. The molecule has 6 heteroatoms. The lowest BCUT2D eigenvalue weighted by molar-refractivity contribution is -0.384. The molecule has 20 heavy (non-hydrogen) atoms. The largest absolute Gasteiger partial charge is 0.481 e. The maximum Gasteiger partial charge on any atom is 0.307 e. The van der Waals surface area contributed by atoms with E-state index in [0.29, 0.717) is 12.8 Å². The number of nitro benzene ring substituents is 1. The minimum absolute atomic E-state index is 0.0188. The average molecular weight is 277 g/mol. The third-order valence-electron chi connectivity index (χ3n) is 3.86. The van der Waals surface area contributed by atoms with E-state index in [1.54, 1.807) is 19.1 Å². The van der Waals surface area contributed by atoms with Gasteiger partial charge >= 0.3 is 5.97 Å². The zero-order chi connectivity index (χ0) is 14.9. The van der Waals surface area contributed by atoms with Crippen molar-refractivity contribution in [3.05, 3.63) is 39.9 Å². The van der Waals surface area contributed by atoms with Crippen LogP contribution in [0.5, 0.6) is 0 Å². The van der Waals surface area contributed by atoms with Crippen LogP contribution in [0.4, 0.5) is 5.69 Å². The summed E-state index contributed by atoms with van der Waals surface area (Å²) in [6.07, 6.45) is 0.684. The molecule has 0 spiro atoms. The Hall–Kier alpha value is -2.24. The van der Waals surface area contributed by atoms with E-state index in [1.807, 2.05) is 0 Å². The fourth-order valence-corrected chi connectivity index (χ4v) is 2.75. The molecule has 1 saturated carbocycles. The van der Waals surface area contributed by atoms with Crippen LogP contribution in [0, 0.1) is 27.9 Å². The van der Waals surface area contributed by atoms with E-state index in [9.17, 15) is 24.8 Å². The van der Waals surface area contributed by atoms with Crippen LogP contribution in [-0.2, 0) is 16.0 Å². The summed E-state index contributed by atoms with van der Waals surface area (Å²) in [5.41, 5.74) is 0.726. The Labute approximate surface area is 115 Å². The van der Waals surface area contributed by atoms with E-state index in [4.69, 9.17) is 0 Å². The molecule has 1 aromatic carbocycles. The normalized spacial score (nSPS) is 25.6. The van der Waals surface area contributed by atoms with Crippen molar-refractivity contribution in [3.8, 4) is 0 Å². The highest BCUT2D eigenvalue weighted by atomic mass is 16.6. The third kappa shape index (κ3) is 2.68. The first kappa shape index (κ1) is 14.2. The molecule has 1 N–H and O–H groups in total. The monoisotopic (exact) mass is 277 g/mol. The lowest BCUT2D eigenvalue weighted by Crippen LogP contribution is -2.24. The van der Waals surface area contributed by atoms with Crippen LogP contribution in [0.3, 0.4) is 0 Å². The number of nitro groups is 1. The van der Waals surface area contributed by atoms with Crippen LogP contribution < -0.4 is 0 Å². The molecule has 0 saturated heterocycles. The molecule has 0 aromatic heterocycles. The molecule has 0 aliphatic heterocycles.